The molecule has 7 nitrogen and oxygen atoms in total. The SMILES string of the molecule is CC(C)C(OC(=O)COC(=O)C12CC3CC(C1)C(=O)C(C3)C2)C(F)(F)C(=O)[O-]. The van der Waals surface area contributed by atoms with Crippen LogP contribution in [-0.2, 0) is 28.7 Å². The molecule has 156 valence electrons. The zero-order chi connectivity index (χ0) is 20.9. The zero-order valence-electron chi connectivity index (χ0n) is 15.7. The quantitative estimate of drug-likeness (QED) is 0.583. The number of carboxylic acid groups (broad SMARTS) is 1. The van der Waals surface area contributed by atoms with Crippen LogP contribution in [-0.4, -0.2) is 42.3 Å². The molecule has 0 saturated heterocycles. The second-order valence-corrected chi connectivity index (χ2v) is 8.67. The highest BCUT2D eigenvalue weighted by molar-refractivity contribution is 5.90. The van der Waals surface area contributed by atoms with Gasteiger partial charge in [0.05, 0.1) is 5.41 Å². The minimum atomic E-state index is -4.37. The Kier molecular flexibility index (Phi) is 5.22. The molecule has 4 bridgehead atoms. The molecule has 0 heterocycles. The van der Waals surface area contributed by atoms with Crippen molar-refractivity contribution in [2.24, 2.45) is 29.1 Å². The maximum atomic E-state index is 13.7. The van der Waals surface area contributed by atoms with Gasteiger partial charge in [0.25, 0.3) is 0 Å². The molecule has 3 atom stereocenters. The van der Waals surface area contributed by atoms with Crippen LogP contribution in [0.5, 0.6) is 0 Å². The van der Waals surface area contributed by atoms with Crippen LogP contribution in [0.15, 0.2) is 0 Å². The van der Waals surface area contributed by atoms with E-state index < -0.39 is 47.9 Å². The van der Waals surface area contributed by atoms with Gasteiger partial charge >= 0.3 is 17.9 Å². The number of hydrogen-bond acceptors (Lipinski definition) is 7. The van der Waals surface area contributed by atoms with Gasteiger partial charge in [-0.25, -0.2) is 4.79 Å². The number of rotatable bonds is 7. The molecule has 0 radical (unpaired) electrons. The molecular weight excluding hydrogens is 378 g/mol. The van der Waals surface area contributed by atoms with Crippen LogP contribution in [0.1, 0.15) is 46.0 Å². The monoisotopic (exact) mass is 401 g/mol. The number of ether oxygens (including phenoxy) is 2. The van der Waals surface area contributed by atoms with Crippen molar-refractivity contribution < 1.29 is 42.5 Å². The fourth-order valence-electron chi connectivity index (χ4n) is 5.20. The van der Waals surface area contributed by atoms with Crippen LogP contribution in [0.4, 0.5) is 8.78 Å². The normalized spacial score (nSPS) is 32.3. The first kappa shape index (κ1) is 20.7. The molecule has 0 aromatic rings. The summed E-state index contributed by atoms with van der Waals surface area (Å²) in [4.78, 5) is 47.4. The van der Waals surface area contributed by atoms with Gasteiger partial charge in [-0.1, -0.05) is 13.8 Å². The highest BCUT2D eigenvalue weighted by atomic mass is 19.3. The van der Waals surface area contributed by atoms with Crippen molar-refractivity contribution in [1.29, 1.82) is 0 Å². The first-order chi connectivity index (χ1) is 13.0. The van der Waals surface area contributed by atoms with Gasteiger partial charge in [-0.15, -0.1) is 0 Å². The third-order valence-corrected chi connectivity index (χ3v) is 6.24. The van der Waals surface area contributed by atoms with Crippen molar-refractivity contribution in [3.8, 4) is 0 Å². The molecule has 0 aliphatic heterocycles. The molecule has 0 amide bonds. The number of hydrogen-bond donors (Lipinski definition) is 0. The van der Waals surface area contributed by atoms with E-state index in [0.29, 0.717) is 19.3 Å². The Labute approximate surface area is 160 Å². The summed E-state index contributed by atoms with van der Waals surface area (Å²) in [5, 5.41) is 10.6. The molecule has 0 aromatic heterocycles. The predicted molar refractivity (Wildman–Crippen MR) is 86.6 cm³/mol. The van der Waals surface area contributed by atoms with Crippen molar-refractivity contribution in [3.63, 3.8) is 0 Å². The Morgan fingerprint density at radius 2 is 1.75 bits per heavy atom. The molecule has 0 N–H and O–H groups in total. The number of alkyl halides is 2. The third kappa shape index (κ3) is 3.51. The Morgan fingerprint density at radius 1 is 1.18 bits per heavy atom. The molecule has 3 unspecified atom stereocenters. The number of carbonyl (C=O) groups excluding carboxylic acids is 4. The first-order valence-electron chi connectivity index (χ1n) is 9.46. The van der Waals surface area contributed by atoms with E-state index in [2.05, 4.69) is 4.74 Å². The van der Waals surface area contributed by atoms with E-state index in [4.69, 9.17) is 4.74 Å². The third-order valence-electron chi connectivity index (χ3n) is 6.24. The number of esters is 2. The standard InChI is InChI=1S/C19H24F2O7/c1-9(2)15(19(20,21)16(24)25)28-13(22)8-27-17(26)18-5-10-3-11(6-18)14(23)12(4-10)7-18/h9-12,15H,3-8H2,1-2H3,(H,24,25)/p-1. The second kappa shape index (κ2) is 7.08. The molecule has 9 heteroatoms. The maximum absolute atomic E-state index is 13.7. The van der Waals surface area contributed by atoms with Crippen molar-refractivity contribution in [2.75, 3.05) is 6.61 Å². The van der Waals surface area contributed by atoms with Gasteiger partial charge in [0.1, 0.15) is 11.8 Å². The topological polar surface area (TPSA) is 110 Å². The molecule has 0 spiro atoms. The van der Waals surface area contributed by atoms with E-state index in [-0.39, 0.29) is 23.5 Å². The van der Waals surface area contributed by atoms with Gasteiger partial charge in [0.15, 0.2) is 12.7 Å². The second-order valence-electron chi connectivity index (χ2n) is 8.67. The Bertz CT molecular complexity index is 684. The highest BCUT2D eigenvalue weighted by Crippen LogP contribution is 2.59. The lowest BCUT2D eigenvalue weighted by Gasteiger charge is -2.53. The molecule has 4 saturated carbocycles. The minimum absolute atomic E-state index is 0.155. The van der Waals surface area contributed by atoms with Gasteiger partial charge in [-0.05, 0) is 43.9 Å². The van der Waals surface area contributed by atoms with Crippen molar-refractivity contribution in [3.05, 3.63) is 0 Å². The average Bonchev–Trinajstić information content (AvgIpc) is 2.60. The van der Waals surface area contributed by atoms with Crippen molar-refractivity contribution in [1.82, 2.24) is 0 Å². The molecule has 4 aliphatic carbocycles. The zero-order valence-corrected chi connectivity index (χ0v) is 15.7. The number of aliphatic carboxylic acids is 1. The van der Waals surface area contributed by atoms with Crippen molar-refractivity contribution in [2.45, 2.75) is 58.0 Å². The van der Waals surface area contributed by atoms with E-state index in [9.17, 15) is 33.1 Å². The van der Waals surface area contributed by atoms with E-state index in [1.165, 1.54) is 13.8 Å². The van der Waals surface area contributed by atoms with Crippen LogP contribution in [0, 0.1) is 29.1 Å². The van der Waals surface area contributed by atoms with Crippen LogP contribution < -0.4 is 5.11 Å². The number of halogens is 2. The maximum Gasteiger partial charge on any atom is 0.344 e. The summed E-state index contributed by atoms with van der Waals surface area (Å²) in [7, 11) is 0. The summed E-state index contributed by atoms with van der Waals surface area (Å²) in [6.07, 6.45) is 0.703. The fourth-order valence-corrected chi connectivity index (χ4v) is 5.20. The molecule has 0 aromatic carbocycles. The van der Waals surface area contributed by atoms with Crippen LogP contribution >= 0.6 is 0 Å². The number of carboxylic acids is 1. The van der Waals surface area contributed by atoms with E-state index in [1.54, 1.807) is 0 Å². The Hall–Kier alpha value is -2.06. The average molecular weight is 401 g/mol. The molecular formula is C19H23F2O7-. The lowest BCUT2D eigenvalue weighted by molar-refractivity contribution is -0.337. The van der Waals surface area contributed by atoms with E-state index in [0.717, 1.165) is 12.8 Å². The largest absolute Gasteiger partial charge is 0.544 e. The fraction of sp³-hybridized carbons (Fsp3) is 0.789. The van der Waals surface area contributed by atoms with E-state index >= 15 is 0 Å². The highest BCUT2D eigenvalue weighted by Gasteiger charge is 2.59. The Balaban J connectivity index is 1.59. The molecule has 4 rings (SSSR count). The number of carbonyl (C=O) groups is 4. The smallest absolute Gasteiger partial charge is 0.344 e. The summed E-state index contributed by atoms with van der Waals surface area (Å²) >= 11 is 0. The molecule has 28 heavy (non-hydrogen) atoms. The summed E-state index contributed by atoms with van der Waals surface area (Å²) in [6, 6.07) is 0. The lowest BCUT2D eigenvalue weighted by atomic mass is 9.49. The predicted octanol–water partition coefficient (Wildman–Crippen LogP) is 0.878. The number of Topliss-reactive ketones (excluding diaryl/α,β-unsaturated/α-hetero) is 1. The number of ketones is 1. The van der Waals surface area contributed by atoms with Gasteiger partial charge in [-0.2, -0.15) is 8.78 Å². The molecule has 4 fully saturated rings. The van der Waals surface area contributed by atoms with Gasteiger partial charge in [0.2, 0.25) is 0 Å². The minimum Gasteiger partial charge on any atom is -0.544 e. The summed E-state index contributed by atoms with van der Waals surface area (Å²) in [5.74, 6) is -9.72. The van der Waals surface area contributed by atoms with Crippen LogP contribution in [0.25, 0.3) is 0 Å². The first-order valence-corrected chi connectivity index (χ1v) is 9.46. The summed E-state index contributed by atoms with van der Waals surface area (Å²) < 4.78 is 37.0. The summed E-state index contributed by atoms with van der Waals surface area (Å²) in [6.45, 7) is 1.65. The molecule has 4 aliphatic rings. The van der Waals surface area contributed by atoms with Crippen LogP contribution in [0.3, 0.4) is 0 Å². The van der Waals surface area contributed by atoms with Gasteiger partial charge in [-0.3, -0.25) is 9.59 Å². The van der Waals surface area contributed by atoms with E-state index in [1.807, 2.05) is 0 Å². The van der Waals surface area contributed by atoms with Gasteiger partial charge < -0.3 is 19.4 Å². The van der Waals surface area contributed by atoms with Gasteiger partial charge in [0, 0.05) is 11.8 Å². The van der Waals surface area contributed by atoms with Crippen LogP contribution in [0.2, 0.25) is 0 Å². The lowest BCUT2D eigenvalue weighted by Crippen LogP contribution is -2.55. The Morgan fingerprint density at radius 3 is 2.25 bits per heavy atom. The van der Waals surface area contributed by atoms with Crippen molar-refractivity contribution >= 4 is 23.7 Å². The summed E-state index contributed by atoms with van der Waals surface area (Å²) in [5.41, 5.74) is -0.808.